The summed E-state index contributed by atoms with van der Waals surface area (Å²) in [5.41, 5.74) is -1.17. The van der Waals surface area contributed by atoms with Crippen molar-refractivity contribution in [3.8, 4) is 11.5 Å². The number of hydrogen-bond acceptors (Lipinski definition) is 6. The first-order chi connectivity index (χ1) is 11.9. The maximum Gasteiger partial charge on any atom is 0.345 e. The molecule has 0 fully saturated rings. The van der Waals surface area contributed by atoms with E-state index in [1.165, 1.54) is 26.4 Å². The van der Waals surface area contributed by atoms with Crippen LogP contribution < -0.4 is 9.47 Å². The minimum atomic E-state index is -1.16. The summed E-state index contributed by atoms with van der Waals surface area (Å²) >= 11 is 0. The highest BCUT2D eigenvalue weighted by molar-refractivity contribution is 5.95. The lowest BCUT2D eigenvalue weighted by atomic mass is 10.1. The first kappa shape index (κ1) is 18.1. The molecule has 0 saturated carbocycles. The van der Waals surface area contributed by atoms with Gasteiger partial charge in [-0.2, -0.15) is 0 Å². The van der Waals surface area contributed by atoms with Gasteiger partial charge in [-0.1, -0.05) is 12.1 Å². The molecule has 0 aliphatic carbocycles. The Balaban J connectivity index is 2.31. The number of nitro groups is 1. The van der Waals surface area contributed by atoms with E-state index >= 15 is 0 Å². The Morgan fingerprint density at radius 2 is 1.80 bits per heavy atom. The molecule has 0 amide bonds. The lowest BCUT2D eigenvalue weighted by molar-refractivity contribution is -0.385. The van der Waals surface area contributed by atoms with Crippen molar-refractivity contribution >= 4 is 11.7 Å². The Labute approximate surface area is 140 Å². The summed E-state index contributed by atoms with van der Waals surface area (Å²) in [5, 5.41) is 11.2. The smallest absolute Gasteiger partial charge is 0.345 e. The molecule has 0 aliphatic heterocycles. The van der Waals surface area contributed by atoms with Gasteiger partial charge in [-0.3, -0.25) is 10.1 Å². The molecule has 0 heterocycles. The van der Waals surface area contributed by atoms with Crippen molar-refractivity contribution in [3.05, 3.63) is 63.2 Å². The van der Waals surface area contributed by atoms with E-state index in [1.54, 1.807) is 0 Å². The average Bonchev–Trinajstić information content (AvgIpc) is 2.61. The third-order valence-corrected chi connectivity index (χ3v) is 3.31. The van der Waals surface area contributed by atoms with Crippen LogP contribution in [0.1, 0.15) is 15.9 Å². The van der Waals surface area contributed by atoms with Crippen LogP contribution >= 0.6 is 0 Å². The summed E-state index contributed by atoms with van der Waals surface area (Å²) in [4.78, 5) is 22.5. The molecule has 0 radical (unpaired) electrons. The van der Waals surface area contributed by atoms with Gasteiger partial charge in [-0.15, -0.1) is 0 Å². The summed E-state index contributed by atoms with van der Waals surface area (Å²) in [6.45, 7) is -0.589. The van der Waals surface area contributed by atoms with Gasteiger partial charge in [0.25, 0.3) is 5.69 Å². The van der Waals surface area contributed by atoms with Crippen LogP contribution in [0.25, 0.3) is 0 Å². The number of carbonyl (C=O) groups is 1. The number of nitrogens with zero attached hydrogens (tertiary/aromatic N) is 1. The molecule has 2 aromatic carbocycles. The van der Waals surface area contributed by atoms with Gasteiger partial charge >= 0.3 is 5.97 Å². The van der Waals surface area contributed by atoms with E-state index in [2.05, 4.69) is 0 Å². The Kier molecular flexibility index (Phi) is 5.48. The highest BCUT2D eigenvalue weighted by Crippen LogP contribution is 2.35. The number of ether oxygens (including phenoxy) is 3. The second-order valence-electron chi connectivity index (χ2n) is 4.77. The highest BCUT2D eigenvalue weighted by atomic mass is 19.2. The van der Waals surface area contributed by atoms with Crippen LogP contribution in [-0.2, 0) is 11.3 Å². The van der Waals surface area contributed by atoms with Crippen molar-refractivity contribution in [1.82, 2.24) is 0 Å². The number of benzene rings is 2. The van der Waals surface area contributed by atoms with Crippen LogP contribution in [0.3, 0.4) is 0 Å². The summed E-state index contributed by atoms with van der Waals surface area (Å²) in [6, 6.07) is 5.49. The molecule has 0 aliphatic rings. The molecule has 0 bridgehead atoms. The first-order valence-corrected chi connectivity index (χ1v) is 6.89. The van der Waals surface area contributed by atoms with Gasteiger partial charge in [-0.25, -0.2) is 13.6 Å². The molecule has 9 heteroatoms. The molecule has 0 saturated heterocycles. The first-order valence-electron chi connectivity index (χ1n) is 6.89. The van der Waals surface area contributed by atoms with E-state index in [1.807, 2.05) is 0 Å². The van der Waals surface area contributed by atoms with E-state index in [0.717, 1.165) is 18.2 Å². The van der Waals surface area contributed by atoms with E-state index in [9.17, 15) is 23.7 Å². The number of nitro benzene ring substituents is 1. The Bertz CT molecular complexity index is 825. The predicted molar refractivity (Wildman–Crippen MR) is 81.7 cm³/mol. The van der Waals surface area contributed by atoms with Crippen LogP contribution in [0.15, 0.2) is 30.3 Å². The maximum atomic E-state index is 13.6. The summed E-state index contributed by atoms with van der Waals surface area (Å²) in [7, 11) is 2.58. The van der Waals surface area contributed by atoms with Crippen molar-refractivity contribution in [2.75, 3.05) is 14.2 Å². The zero-order valence-electron chi connectivity index (χ0n) is 13.2. The standard InChI is InChI=1S/C16H13F2NO6/c1-23-13-6-10(12(19(21)22)7-14(13)24-2)16(20)25-8-9-4-3-5-11(17)15(9)18/h3-7H,8H2,1-2H3. The van der Waals surface area contributed by atoms with Gasteiger partial charge < -0.3 is 14.2 Å². The second-order valence-corrected chi connectivity index (χ2v) is 4.77. The van der Waals surface area contributed by atoms with Crippen LogP contribution in [0, 0.1) is 21.7 Å². The molecule has 0 unspecified atom stereocenters. The molecular weight excluding hydrogens is 340 g/mol. The quantitative estimate of drug-likeness (QED) is 0.450. The fourth-order valence-corrected chi connectivity index (χ4v) is 2.06. The fourth-order valence-electron chi connectivity index (χ4n) is 2.06. The highest BCUT2D eigenvalue weighted by Gasteiger charge is 2.26. The monoisotopic (exact) mass is 353 g/mol. The van der Waals surface area contributed by atoms with Crippen LogP contribution in [0.2, 0.25) is 0 Å². The largest absolute Gasteiger partial charge is 0.493 e. The van der Waals surface area contributed by atoms with Crippen molar-refractivity contribution < 1.29 is 32.7 Å². The molecule has 0 N–H and O–H groups in total. The number of methoxy groups -OCH3 is 2. The van der Waals surface area contributed by atoms with Crippen LogP contribution in [0.5, 0.6) is 11.5 Å². The van der Waals surface area contributed by atoms with E-state index in [0.29, 0.717) is 0 Å². The number of carbonyl (C=O) groups excluding carboxylic acids is 1. The fraction of sp³-hybridized carbons (Fsp3) is 0.188. The predicted octanol–water partition coefficient (Wildman–Crippen LogP) is 3.25. The Hall–Kier alpha value is -3.23. The molecule has 0 spiro atoms. The van der Waals surface area contributed by atoms with Crippen molar-refractivity contribution in [3.63, 3.8) is 0 Å². The SMILES string of the molecule is COc1cc(C(=O)OCc2cccc(F)c2F)c([N+](=O)[O-])cc1OC. The van der Waals surface area contributed by atoms with Gasteiger partial charge in [0.15, 0.2) is 23.1 Å². The minimum Gasteiger partial charge on any atom is -0.493 e. The molecule has 132 valence electrons. The molecule has 2 aromatic rings. The third-order valence-electron chi connectivity index (χ3n) is 3.31. The van der Waals surface area contributed by atoms with Crippen molar-refractivity contribution in [2.24, 2.45) is 0 Å². The summed E-state index contributed by atoms with van der Waals surface area (Å²) in [6.07, 6.45) is 0. The van der Waals surface area contributed by atoms with Gasteiger partial charge in [0, 0.05) is 11.6 Å². The Morgan fingerprint density at radius 1 is 1.16 bits per heavy atom. The third kappa shape index (κ3) is 3.82. The lowest BCUT2D eigenvalue weighted by Crippen LogP contribution is -2.10. The molecule has 0 atom stereocenters. The normalized spacial score (nSPS) is 10.2. The Morgan fingerprint density at radius 3 is 2.40 bits per heavy atom. The van der Waals surface area contributed by atoms with Crippen molar-refractivity contribution in [1.29, 1.82) is 0 Å². The van der Waals surface area contributed by atoms with E-state index < -0.39 is 40.4 Å². The summed E-state index contributed by atoms with van der Waals surface area (Å²) in [5.74, 6) is -3.20. The minimum absolute atomic E-state index is 0.0573. The van der Waals surface area contributed by atoms with E-state index in [4.69, 9.17) is 14.2 Å². The molecule has 0 aromatic heterocycles. The average molecular weight is 353 g/mol. The molecular formula is C16H13F2NO6. The molecule has 2 rings (SSSR count). The zero-order valence-corrected chi connectivity index (χ0v) is 13.2. The topological polar surface area (TPSA) is 87.9 Å². The number of rotatable bonds is 6. The molecule has 7 nitrogen and oxygen atoms in total. The second kappa shape index (κ2) is 7.56. The molecule has 25 heavy (non-hydrogen) atoms. The van der Waals surface area contributed by atoms with Crippen molar-refractivity contribution in [2.45, 2.75) is 6.61 Å². The van der Waals surface area contributed by atoms with Gasteiger partial charge in [0.2, 0.25) is 0 Å². The van der Waals surface area contributed by atoms with Gasteiger partial charge in [0.05, 0.1) is 25.2 Å². The van der Waals surface area contributed by atoms with Crippen LogP contribution in [-0.4, -0.2) is 25.1 Å². The number of esters is 1. The zero-order chi connectivity index (χ0) is 18.6. The number of halogens is 2. The van der Waals surface area contributed by atoms with Gasteiger partial charge in [0.1, 0.15) is 12.2 Å². The van der Waals surface area contributed by atoms with Crippen LogP contribution in [0.4, 0.5) is 14.5 Å². The lowest BCUT2D eigenvalue weighted by Gasteiger charge is -2.11. The number of hydrogen-bond donors (Lipinski definition) is 0. The van der Waals surface area contributed by atoms with E-state index in [-0.39, 0.29) is 17.1 Å². The van der Waals surface area contributed by atoms with Gasteiger partial charge in [-0.05, 0) is 6.07 Å². The summed E-state index contributed by atoms with van der Waals surface area (Å²) < 4.78 is 41.5. The maximum absolute atomic E-state index is 13.6.